The van der Waals surface area contributed by atoms with Gasteiger partial charge in [0.1, 0.15) is 30.3 Å². The summed E-state index contributed by atoms with van der Waals surface area (Å²) in [5.74, 6) is -0.527. The molecule has 1 aliphatic heterocycles. The molecular weight excluding hydrogens is 376 g/mol. The van der Waals surface area contributed by atoms with Gasteiger partial charge in [-0.25, -0.2) is 4.79 Å². The Labute approximate surface area is 169 Å². The number of thiophene rings is 1. The van der Waals surface area contributed by atoms with Crippen LogP contribution >= 0.6 is 11.3 Å². The lowest BCUT2D eigenvalue weighted by Gasteiger charge is -2.31. The van der Waals surface area contributed by atoms with Crippen LogP contribution in [0.5, 0.6) is 0 Å². The molecule has 0 aliphatic carbocycles. The molecule has 0 spiro atoms. The summed E-state index contributed by atoms with van der Waals surface area (Å²) in [6.07, 6.45) is 0.265. The fourth-order valence-corrected chi connectivity index (χ4v) is 4.59. The average molecular weight is 404 g/mol. The fourth-order valence-electron chi connectivity index (χ4n) is 3.52. The number of quaternary nitrogens is 1. The van der Waals surface area contributed by atoms with Gasteiger partial charge in [0, 0.05) is 4.88 Å². The molecule has 2 heterocycles. The van der Waals surface area contributed by atoms with E-state index in [-0.39, 0.29) is 24.7 Å². The van der Waals surface area contributed by atoms with Crippen molar-refractivity contribution in [3.63, 3.8) is 0 Å². The maximum atomic E-state index is 12.7. The Morgan fingerprint density at radius 1 is 1.21 bits per heavy atom. The second-order valence-corrected chi connectivity index (χ2v) is 8.13. The van der Waals surface area contributed by atoms with Crippen LogP contribution < -0.4 is 10.2 Å². The maximum Gasteiger partial charge on any atom is 0.341 e. The zero-order valence-corrected chi connectivity index (χ0v) is 17.3. The summed E-state index contributed by atoms with van der Waals surface area (Å²) >= 11 is 1.39. The first kappa shape index (κ1) is 20.5. The number of amides is 1. The van der Waals surface area contributed by atoms with Crippen LogP contribution in [0, 0.1) is 0 Å². The first-order valence-electron chi connectivity index (χ1n) is 9.61. The summed E-state index contributed by atoms with van der Waals surface area (Å²) in [7, 11) is 0. The predicted octanol–water partition coefficient (Wildman–Crippen LogP) is 2.22. The van der Waals surface area contributed by atoms with E-state index >= 15 is 0 Å². The number of anilines is 1. The highest BCUT2D eigenvalue weighted by Crippen LogP contribution is 2.35. The lowest BCUT2D eigenvalue weighted by Crippen LogP contribution is -3.16. The Morgan fingerprint density at radius 2 is 1.89 bits per heavy atom. The zero-order chi connectivity index (χ0) is 20.1. The predicted molar refractivity (Wildman–Crippen MR) is 110 cm³/mol. The Hall–Kier alpha value is -2.22. The van der Waals surface area contributed by atoms with Crippen LogP contribution in [0.2, 0.25) is 0 Å². The first-order valence-corrected chi connectivity index (χ1v) is 10.4. The van der Waals surface area contributed by atoms with Gasteiger partial charge in [-0.2, -0.15) is 0 Å². The van der Waals surface area contributed by atoms with Gasteiger partial charge >= 0.3 is 5.97 Å². The molecule has 0 radical (unpaired) electrons. The van der Waals surface area contributed by atoms with Crippen molar-refractivity contribution in [2.24, 2.45) is 0 Å². The Bertz CT molecular complexity index is 811. The minimum absolute atomic E-state index is 0.108. The van der Waals surface area contributed by atoms with Crippen LogP contribution in [-0.2, 0) is 14.3 Å². The summed E-state index contributed by atoms with van der Waals surface area (Å²) in [6, 6.07) is 11.6. The molecular formula is C21H27N2O4S+. The summed E-state index contributed by atoms with van der Waals surface area (Å²) < 4.78 is 10.9. The number of ether oxygens (including phenoxy) is 2. The van der Waals surface area contributed by atoms with Gasteiger partial charge in [0.15, 0.2) is 6.54 Å². The maximum absolute atomic E-state index is 12.7. The highest BCUT2D eigenvalue weighted by atomic mass is 32.1. The first-order chi connectivity index (χ1) is 13.5. The minimum atomic E-state index is -0.419. The van der Waals surface area contributed by atoms with E-state index in [0.29, 0.717) is 17.1 Å². The number of hydrogen-bond acceptors (Lipinski definition) is 5. The topological polar surface area (TPSA) is 69.1 Å². The smallest absolute Gasteiger partial charge is 0.341 e. The van der Waals surface area contributed by atoms with Crippen molar-refractivity contribution < 1.29 is 24.0 Å². The monoisotopic (exact) mass is 403 g/mol. The quantitative estimate of drug-likeness (QED) is 0.726. The van der Waals surface area contributed by atoms with E-state index < -0.39 is 5.97 Å². The van der Waals surface area contributed by atoms with E-state index in [9.17, 15) is 9.59 Å². The lowest BCUT2D eigenvalue weighted by molar-refractivity contribution is -0.907. The number of morpholine rings is 1. The lowest BCUT2D eigenvalue weighted by atomic mass is 10.1. The number of rotatable bonds is 6. The van der Waals surface area contributed by atoms with Crippen molar-refractivity contribution in [1.29, 1.82) is 0 Å². The van der Waals surface area contributed by atoms with Crippen molar-refractivity contribution in [2.75, 3.05) is 31.6 Å². The van der Waals surface area contributed by atoms with Crippen molar-refractivity contribution in [2.45, 2.75) is 33.0 Å². The highest BCUT2D eigenvalue weighted by molar-refractivity contribution is 7.20. The number of carbonyl (C=O) groups is 2. The average Bonchev–Trinajstić information content (AvgIpc) is 3.05. The van der Waals surface area contributed by atoms with Gasteiger partial charge in [-0.3, -0.25) is 4.79 Å². The molecule has 2 N–H and O–H groups in total. The van der Waals surface area contributed by atoms with Crippen LogP contribution in [0.15, 0.2) is 36.4 Å². The number of benzene rings is 1. The molecule has 2 atom stereocenters. The largest absolute Gasteiger partial charge is 0.462 e. The van der Waals surface area contributed by atoms with E-state index in [0.717, 1.165) is 23.5 Å². The van der Waals surface area contributed by atoms with Crippen LogP contribution in [0.3, 0.4) is 0 Å². The summed E-state index contributed by atoms with van der Waals surface area (Å²) in [5, 5.41) is 3.47. The molecule has 0 bridgehead atoms. The minimum Gasteiger partial charge on any atom is -0.462 e. The molecule has 7 heteroatoms. The standard InChI is InChI=1S/C21H26N2O4S/c1-4-26-21(25)17-10-18(16-8-6-5-7-9-16)28-20(17)22-19(24)13-23-11-14(2)27-15(3)12-23/h5-10,14-15H,4,11-13H2,1-3H3,(H,22,24)/p+1. The molecule has 1 aromatic carbocycles. The van der Waals surface area contributed by atoms with Crippen molar-refractivity contribution in [1.82, 2.24) is 0 Å². The Kier molecular flexibility index (Phi) is 6.83. The molecule has 3 rings (SSSR count). The molecule has 1 saturated heterocycles. The molecule has 1 fully saturated rings. The van der Waals surface area contributed by atoms with E-state index in [2.05, 4.69) is 5.32 Å². The van der Waals surface area contributed by atoms with Gasteiger partial charge in [-0.05, 0) is 32.4 Å². The van der Waals surface area contributed by atoms with E-state index in [1.165, 1.54) is 16.2 Å². The molecule has 2 aromatic rings. The SMILES string of the molecule is CCOC(=O)c1cc(-c2ccccc2)sc1NC(=O)C[NH+]1CC(C)OC(C)C1. The van der Waals surface area contributed by atoms with E-state index in [1.54, 1.807) is 13.0 Å². The fraction of sp³-hybridized carbons (Fsp3) is 0.429. The van der Waals surface area contributed by atoms with E-state index in [4.69, 9.17) is 9.47 Å². The number of carbonyl (C=O) groups excluding carboxylic acids is 2. The molecule has 1 amide bonds. The summed E-state index contributed by atoms with van der Waals surface area (Å²) in [4.78, 5) is 27.1. The van der Waals surface area contributed by atoms with Crippen molar-refractivity contribution in [3.8, 4) is 10.4 Å². The molecule has 2 unspecified atom stereocenters. The summed E-state index contributed by atoms with van der Waals surface area (Å²) in [5.41, 5.74) is 1.40. The van der Waals surface area contributed by atoms with Crippen LogP contribution in [0.4, 0.5) is 5.00 Å². The van der Waals surface area contributed by atoms with Gasteiger partial charge in [-0.1, -0.05) is 30.3 Å². The zero-order valence-electron chi connectivity index (χ0n) is 16.5. The van der Waals surface area contributed by atoms with Crippen LogP contribution in [0.1, 0.15) is 31.1 Å². The highest BCUT2D eigenvalue weighted by Gasteiger charge is 2.28. The third-order valence-electron chi connectivity index (χ3n) is 4.57. The number of hydrogen-bond donors (Lipinski definition) is 2. The van der Waals surface area contributed by atoms with Gasteiger partial charge in [-0.15, -0.1) is 11.3 Å². The van der Waals surface area contributed by atoms with Crippen molar-refractivity contribution >= 4 is 28.2 Å². The second kappa shape index (κ2) is 9.32. The molecule has 28 heavy (non-hydrogen) atoms. The van der Waals surface area contributed by atoms with Gasteiger partial charge in [0.05, 0.1) is 12.2 Å². The molecule has 6 nitrogen and oxygen atoms in total. The molecule has 1 aromatic heterocycles. The van der Waals surface area contributed by atoms with Crippen LogP contribution in [-0.4, -0.2) is 50.3 Å². The third-order valence-corrected chi connectivity index (χ3v) is 5.67. The summed E-state index contributed by atoms with van der Waals surface area (Å²) in [6.45, 7) is 8.04. The van der Waals surface area contributed by atoms with E-state index in [1.807, 2.05) is 44.2 Å². The Morgan fingerprint density at radius 3 is 2.54 bits per heavy atom. The second-order valence-electron chi connectivity index (χ2n) is 7.08. The number of nitrogens with one attached hydrogen (secondary N) is 2. The molecule has 0 saturated carbocycles. The van der Waals surface area contributed by atoms with Crippen LogP contribution in [0.25, 0.3) is 10.4 Å². The van der Waals surface area contributed by atoms with Gasteiger partial charge in [0.2, 0.25) is 0 Å². The number of esters is 1. The Balaban J connectivity index is 1.76. The van der Waals surface area contributed by atoms with Gasteiger partial charge < -0.3 is 19.7 Å². The normalized spacial score (nSPS) is 21.9. The van der Waals surface area contributed by atoms with Crippen molar-refractivity contribution in [3.05, 3.63) is 42.0 Å². The van der Waals surface area contributed by atoms with Gasteiger partial charge in [0.25, 0.3) is 5.91 Å². The third kappa shape index (κ3) is 5.19. The molecule has 150 valence electrons. The molecule has 1 aliphatic rings.